The molecule has 0 aromatic heterocycles. The number of fused-ring (bicyclic) bond motifs is 1. The molecular formula is C27H28FN3O3S. The average Bonchev–Trinajstić information content (AvgIpc) is 3.03. The Kier molecular flexibility index (Phi) is 6.60. The fourth-order valence-electron chi connectivity index (χ4n) is 4.65. The van der Waals surface area contributed by atoms with Crippen LogP contribution >= 0.6 is 11.8 Å². The molecule has 3 amide bonds. The molecule has 0 aliphatic carbocycles. The van der Waals surface area contributed by atoms with Gasteiger partial charge in [0.1, 0.15) is 12.4 Å². The first-order valence-corrected chi connectivity index (χ1v) is 12.3. The summed E-state index contributed by atoms with van der Waals surface area (Å²) < 4.78 is 13.8. The Morgan fingerprint density at radius 2 is 1.89 bits per heavy atom. The zero-order chi connectivity index (χ0) is 25.5. The number of hydrogen-bond donors (Lipinski definition) is 1. The van der Waals surface area contributed by atoms with Gasteiger partial charge >= 0.3 is 0 Å². The summed E-state index contributed by atoms with van der Waals surface area (Å²) in [4.78, 5) is 41.3. The predicted octanol–water partition coefficient (Wildman–Crippen LogP) is 5.83. The highest BCUT2D eigenvalue weighted by Gasteiger charge is 2.37. The molecule has 182 valence electrons. The molecule has 0 unspecified atom stereocenters. The predicted molar refractivity (Wildman–Crippen MR) is 140 cm³/mol. The number of nitrogens with one attached hydrogen (secondary N) is 1. The number of benzene rings is 2. The van der Waals surface area contributed by atoms with Crippen molar-refractivity contribution in [2.24, 2.45) is 0 Å². The van der Waals surface area contributed by atoms with Gasteiger partial charge in [0.2, 0.25) is 5.91 Å². The number of likely N-dealkylation sites (N-methyl/N-ethyl adjacent to an activating group) is 1. The minimum atomic E-state index is -0.647. The number of para-hydroxylation sites is 1. The smallest absolute Gasteiger partial charge is 0.294 e. The number of halogens is 1. The quantitative estimate of drug-likeness (QED) is 0.531. The molecule has 1 saturated heterocycles. The fourth-order valence-corrected chi connectivity index (χ4v) is 5.48. The average molecular weight is 494 g/mol. The number of carbonyl (C=O) groups is 3. The lowest BCUT2D eigenvalue weighted by atomic mass is 9.87. The van der Waals surface area contributed by atoms with Crippen LogP contribution in [-0.4, -0.2) is 40.6 Å². The van der Waals surface area contributed by atoms with E-state index in [1.165, 1.54) is 18.2 Å². The normalized spacial score (nSPS) is 18.1. The molecule has 2 aliphatic heterocycles. The monoisotopic (exact) mass is 493 g/mol. The number of allylic oxidation sites excluding steroid dienone is 1. The number of thioether (sulfide) groups is 1. The van der Waals surface area contributed by atoms with Gasteiger partial charge in [-0.05, 0) is 93.4 Å². The van der Waals surface area contributed by atoms with Crippen LogP contribution < -0.4 is 10.2 Å². The first-order valence-electron chi connectivity index (χ1n) is 11.4. The third-order valence-electron chi connectivity index (χ3n) is 6.29. The van der Waals surface area contributed by atoms with Crippen molar-refractivity contribution in [3.63, 3.8) is 0 Å². The van der Waals surface area contributed by atoms with Crippen LogP contribution in [0, 0.1) is 12.7 Å². The summed E-state index contributed by atoms with van der Waals surface area (Å²) in [5, 5.41) is 1.88. The number of amides is 3. The van der Waals surface area contributed by atoms with Gasteiger partial charge in [-0.1, -0.05) is 18.2 Å². The zero-order valence-corrected chi connectivity index (χ0v) is 21.3. The van der Waals surface area contributed by atoms with Crippen LogP contribution in [0.2, 0.25) is 0 Å². The van der Waals surface area contributed by atoms with Gasteiger partial charge in [-0.25, -0.2) is 4.39 Å². The second-order valence-electron chi connectivity index (χ2n) is 9.25. The second kappa shape index (κ2) is 9.34. The lowest BCUT2D eigenvalue weighted by Crippen LogP contribution is -2.44. The number of anilines is 2. The molecule has 1 N–H and O–H groups in total. The van der Waals surface area contributed by atoms with Crippen molar-refractivity contribution >= 4 is 51.8 Å². The summed E-state index contributed by atoms with van der Waals surface area (Å²) in [5.74, 6) is -1.77. The van der Waals surface area contributed by atoms with Gasteiger partial charge in [0, 0.05) is 17.8 Å². The van der Waals surface area contributed by atoms with E-state index in [-0.39, 0.29) is 16.1 Å². The minimum Gasteiger partial charge on any atom is -0.363 e. The van der Waals surface area contributed by atoms with E-state index in [1.807, 2.05) is 13.0 Å². The lowest BCUT2D eigenvalue weighted by Gasteiger charge is -2.43. The topological polar surface area (TPSA) is 69.7 Å². The summed E-state index contributed by atoms with van der Waals surface area (Å²) in [6, 6.07) is 9.89. The number of rotatable bonds is 5. The van der Waals surface area contributed by atoms with E-state index in [9.17, 15) is 18.8 Å². The number of nitrogens with zero attached hydrogens (tertiary/aromatic N) is 2. The van der Waals surface area contributed by atoms with Crippen molar-refractivity contribution in [3.8, 4) is 0 Å². The molecule has 0 saturated carbocycles. The highest BCUT2D eigenvalue weighted by molar-refractivity contribution is 8.18. The molecule has 2 aromatic rings. The minimum absolute atomic E-state index is 0.00239. The van der Waals surface area contributed by atoms with Crippen molar-refractivity contribution in [1.29, 1.82) is 0 Å². The van der Waals surface area contributed by atoms with Crippen LogP contribution in [0.4, 0.5) is 20.6 Å². The zero-order valence-electron chi connectivity index (χ0n) is 20.4. The Bertz CT molecular complexity index is 1300. The molecule has 4 rings (SSSR count). The fraction of sp³-hybridized carbons (Fsp3) is 0.296. The standard InChI is InChI=1S/C27H28FN3O3S/c1-6-31-22-11-16(2)18(12-19(22)17(3)14-27(31,4)5)13-23-25(33)30(26(34)35-23)15-24(32)29-21-10-8-7-9-20(21)28/h7-14H,6,15H2,1-5H3,(H,29,32)/b23-13-. The van der Waals surface area contributed by atoms with Crippen LogP contribution in [0.15, 0.2) is 47.4 Å². The van der Waals surface area contributed by atoms with Gasteiger partial charge < -0.3 is 10.2 Å². The number of carbonyl (C=O) groups excluding carboxylic acids is 3. The summed E-state index contributed by atoms with van der Waals surface area (Å²) in [6.45, 7) is 10.9. The van der Waals surface area contributed by atoms with Crippen molar-refractivity contribution in [2.75, 3.05) is 23.3 Å². The molecule has 1 fully saturated rings. The van der Waals surface area contributed by atoms with Gasteiger partial charge in [-0.3, -0.25) is 19.3 Å². The maximum absolute atomic E-state index is 13.8. The van der Waals surface area contributed by atoms with Crippen LogP contribution in [0.3, 0.4) is 0 Å². The van der Waals surface area contributed by atoms with E-state index in [0.29, 0.717) is 0 Å². The number of aryl methyl sites for hydroxylation is 1. The van der Waals surface area contributed by atoms with Gasteiger partial charge in [-0.15, -0.1) is 0 Å². The molecule has 0 radical (unpaired) electrons. The summed E-state index contributed by atoms with van der Waals surface area (Å²) in [7, 11) is 0. The Labute approximate surface area is 208 Å². The largest absolute Gasteiger partial charge is 0.363 e. The Hall–Kier alpha value is -3.39. The van der Waals surface area contributed by atoms with Crippen molar-refractivity contribution in [2.45, 2.75) is 40.2 Å². The number of imide groups is 1. The van der Waals surface area contributed by atoms with Crippen LogP contribution in [0.5, 0.6) is 0 Å². The summed E-state index contributed by atoms with van der Waals surface area (Å²) in [6.07, 6.45) is 3.94. The van der Waals surface area contributed by atoms with Gasteiger partial charge in [-0.2, -0.15) is 0 Å². The van der Waals surface area contributed by atoms with Crippen molar-refractivity contribution < 1.29 is 18.8 Å². The molecule has 0 bridgehead atoms. The highest BCUT2D eigenvalue weighted by Crippen LogP contribution is 2.41. The maximum atomic E-state index is 13.8. The second-order valence-corrected chi connectivity index (χ2v) is 10.2. The first-order chi connectivity index (χ1) is 16.5. The SMILES string of the molecule is CCN1c2cc(C)c(/C=C3\SC(=O)N(CC(=O)Nc4ccccc4F)C3=O)cc2C(C)=CC1(C)C. The molecule has 8 heteroatoms. The molecule has 35 heavy (non-hydrogen) atoms. The van der Waals surface area contributed by atoms with Gasteiger partial charge in [0.05, 0.1) is 16.1 Å². The van der Waals surface area contributed by atoms with E-state index in [4.69, 9.17) is 0 Å². The Morgan fingerprint density at radius 1 is 1.17 bits per heavy atom. The van der Waals surface area contributed by atoms with E-state index in [0.717, 1.165) is 51.2 Å². The summed E-state index contributed by atoms with van der Waals surface area (Å²) >= 11 is 0.799. The van der Waals surface area contributed by atoms with Gasteiger partial charge in [0.15, 0.2) is 0 Å². The molecule has 0 spiro atoms. The molecule has 2 aliphatic rings. The third-order valence-corrected chi connectivity index (χ3v) is 7.20. The Balaban J connectivity index is 1.58. The third kappa shape index (κ3) is 4.75. The van der Waals surface area contributed by atoms with Crippen molar-refractivity contribution in [3.05, 3.63) is 69.9 Å². The van der Waals surface area contributed by atoms with E-state index >= 15 is 0 Å². The molecule has 2 heterocycles. The lowest BCUT2D eigenvalue weighted by molar-refractivity contribution is -0.127. The molecule has 6 nitrogen and oxygen atoms in total. The summed E-state index contributed by atoms with van der Waals surface area (Å²) in [5.41, 5.74) is 5.10. The van der Waals surface area contributed by atoms with Gasteiger partial charge in [0.25, 0.3) is 11.1 Å². The van der Waals surface area contributed by atoms with Crippen LogP contribution in [0.25, 0.3) is 11.6 Å². The first kappa shape index (κ1) is 24.7. The molecule has 2 aromatic carbocycles. The molecule has 0 atom stereocenters. The van der Waals surface area contributed by atoms with E-state index in [2.05, 4.69) is 50.1 Å². The Morgan fingerprint density at radius 3 is 2.57 bits per heavy atom. The molecular weight excluding hydrogens is 465 g/mol. The maximum Gasteiger partial charge on any atom is 0.294 e. The van der Waals surface area contributed by atoms with Crippen molar-refractivity contribution in [1.82, 2.24) is 4.90 Å². The van der Waals surface area contributed by atoms with Crippen LogP contribution in [0.1, 0.15) is 44.4 Å². The van der Waals surface area contributed by atoms with E-state index in [1.54, 1.807) is 12.1 Å². The van der Waals surface area contributed by atoms with E-state index < -0.39 is 29.4 Å². The van der Waals surface area contributed by atoms with Crippen LogP contribution in [-0.2, 0) is 9.59 Å². The highest BCUT2D eigenvalue weighted by atomic mass is 32.2. The number of hydrogen-bond acceptors (Lipinski definition) is 5.